The van der Waals surface area contributed by atoms with E-state index in [0.29, 0.717) is 13.3 Å². The maximum Gasteiger partial charge on any atom is 0.231 e. The molecule has 0 spiro atoms. The van der Waals surface area contributed by atoms with Crippen LogP contribution in [-0.4, -0.2) is 68.9 Å². The second kappa shape index (κ2) is 13.0. The van der Waals surface area contributed by atoms with Gasteiger partial charge in [-0.05, 0) is 49.2 Å². The topological polar surface area (TPSA) is 61.4 Å². The molecule has 0 saturated carbocycles. The van der Waals surface area contributed by atoms with Gasteiger partial charge in [-0.2, -0.15) is 0 Å². The van der Waals surface area contributed by atoms with E-state index in [-0.39, 0.29) is 24.0 Å². The van der Waals surface area contributed by atoms with E-state index in [2.05, 4.69) is 70.8 Å². The summed E-state index contributed by atoms with van der Waals surface area (Å²) in [4.78, 5) is 9.68. The van der Waals surface area contributed by atoms with Gasteiger partial charge in [-0.3, -0.25) is 4.90 Å². The fourth-order valence-corrected chi connectivity index (χ4v) is 3.95. The normalized spacial score (nSPS) is 16.4. The summed E-state index contributed by atoms with van der Waals surface area (Å²) in [5, 5.41) is 6.77. The number of halogens is 1. The molecule has 8 heteroatoms. The summed E-state index contributed by atoms with van der Waals surface area (Å²) in [6.07, 6.45) is 0.891. The van der Waals surface area contributed by atoms with Gasteiger partial charge in [0.25, 0.3) is 0 Å². The van der Waals surface area contributed by atoms with Gasteiger partial charge < -0.3 is 25.0 Å². The molecule has 2 N–H and O–H groups in total. The summed E-state index contributed by atoms with van der Waals surface area (Å²) in [7, 11) is 2.19. The molecule has 0 radical (unpaired) electrons. The number of aliphatic imine (C=N–C) groups is 1. The molecule has 2 aromatic carbocycles. The Labute approximate surface area is 214 Å². The first-order valence-electron chi connectivity index (χ1n) is 11.6. The van der Waals surface area contributed by atoms with Crippen LogP contribution in [0.1, 0.15) is 23.6 Å². The van der Waals surface area contributed by atoms with Gasteiger partial charge in [0, 0.05) is 45.8 Å². The molecule has 2 aliphatic heterocycles. The Morgan fingerprint density at radius 3 is 2.36 bits per heavy atom. The van der Waals surface area contributed by atoms with Gasteiger partial charge in [-0.25, -0.2) is 4.99 Å². The molecule has 180 valence electrons. The maximum atomic E-state index is 5.46. The molecule has 0 atom stereocenters. The zero-order chi connectivity index (χ0) is 22.2. The van der Waals surface area contributed by atoms with E-state index >= 15 is 0 Å². The lowest BCUT2D eigenvalue weighted by atomic mass is 10.1. The van der Waals surface area contributed by atoms with Crippen molar-refractivity contribution in [1.29, 1.82) is 0 Å². The monoisotopic (exact) mass is 565 g/mol. The predicted octanol–water partition coefficient (Wildman–Crippen LogP) is 3.08. The van der Waals surface area contributed by atoms with E-state index in [4.69, 9.17) is 14.5 Å². The van der Waals surface area contributed by atoms with Crippen molar-refractivity contribution in [2.24, 2.45) is 4.99 Å². The molecule has 7 nitrogen and oxygen atoms in total. The lowest BCUT2D eigenvalue weighted by Crippen LogP contribution is -2.43. The van der Waals surface area contributed by atoms with Crippen LogP contribution in [-0.2, 0) is 19.5 Å². The van der Waals surface area contributed by atoms with Crippen LogP contribution in [0.25, 0.3) is 0 Å². The van der Waals surface area contributed by atoms with Gasteiger partial charge in [0.1, 0.15) is 0 Å². The van der Waals surface area contributed by atoms with E-state index in [1.807, 2.05) is 6.07 Å². The Bertz CT molecular complexity index is 898. The summed E-state index contributed by atoms with van der Waals surface area (Å²) < 4.78 is 10.8. The molecule has 1 saturated heterocycles. The number of piperazine rings is 1. The zero-order valence-electron chi connectivity index (χ0n) is 19.7. The number of nitrogens with one attached hydrogen (secondary N) is 2. The number of rotatable bonds is 8. The summed E-state index contributed by atoms with van der Waals surface area (Å²) >= 11 is 0. The highest BCUT2D eigenvalue weighted by Crippen LogP contribution is 2.32. The van der Waals surface area contributed by atoms with Gasteiger partial charge in [-0.1, -0.05) is 30.3 Å². The SMILES string of the molecule is CCNC(=NCc1ccc(CN2CCN(C)CC2)cc1)NCCc1ccc2c(c1)OCO2.I. The summed E-state index contributed by atoms with van der Waals surface area (Å²) in [6.45, 7) is 10.3. The van der Waals surface area contributed by atoms with E-state index in [1.54, 1.807) is 0 Å². The second-order valence-corrected chi connectivity index (χ2v) is 8.46. The Kier molecular flexibility index (Phi) is 10.1. The van der Waals surface area contributed by atoms with E-state index in [0.717, 1.165) is 69.7 Å². The first kappa shape index (κ1) is 25.6. The molecular formula is C25H36IN5O2. The Balaban J connectivity index is 0.00000306. The van der Waals surface area contributed by atoms with Crippen LogP contribution < -0.4 is 20.1 Å². The first-order chi connectivity index (χ1) is 15.7. The number of likely N-dealkylation sites (N-methyl/N-ethyl adjacent to an activating group) is 1. The van der Waals surface area contributed by atoms with Crippen molar-refractivity contribution in [2.45, 2.75) is 26.4 Å². The lowest BCUT2D eigenvalue weighted by molar-refractivity contribution is 0.148. The van der Waals surface area contributed by atoms with Gasteiger partial charge in [-0.15, -0.1) is 24.0 Å². The Hall–Kier alpha value is -2.04. The van der Waals surface area contributed by atoms with Crippen LogP contribution in [0.2, 0.25) is 0 Å². The highest BCUT2D eigenvalue weighted by atomic mass is 127. The zero-order valence-corrected chi connectivity index (χ0v) is 22.0. The van der Waals surface area contributed by atoms with Gasteiger partial charge >= 0.3 is 0 Å². The summed E-state index contributed by atoms with van der Waals surface area (Å²) in [5.74, 6) is 2.50. The van der Waals surface area contributed by atoms with Crippen LogP contribution in [0.5, 0.6) is 11.5 Å². The fraction of sp³-hybridized carbons (Fsp3) is 0.480. The number of benzene rings is 2. The van der Waals surface area contributed by atoms with Crippen molar-refractivity contribution in [3.05, 3.63) is 59.2 Å². The fourth-order valence-electron chi connectivity index (χ4n) is 3.95. The van der Waals surface area contributed by atoms with E-state index in [9.17, 15) is 0 Å². The van der Waals surface area contributed by atoms with E-state index < -0.39 is 0 Å². The third-order valence-corrected chi connectivity index (χ3v) is 5.93. The van der Waals surface area contributed by atoms with Crippen molar-refractivity contribution in [3.8, 4) is 11.5 Å². The average Bonchev–Trinajstić information content (AvgIpc) is 3.28. The molecule has 0 aromatic heterocycles. The molecule has 0 amide bonds. The van der Waals surface area contributed by atoms with Gasteiger partial charge in [0.15, 0.2) is 17.5 Å². The highest BCUT2D eigenvalue weighted by molar-refractivity contribution is 14.0. The van der Waals surface area contributed by atoms with Crippen LogP contribution in [0.3, 0.4) is 0 Å². The van der Waals surface area contributed by atoms with Crippen LogP contribution in [0.15, 0.2) is 47.5 Å². The molecular weight excluding hydrogens is 529 g/mol. The molecule has 2 aromatic rings. The van der Waals surface area contributed by atoms with E-state index in [1.165, 1.54) is 16.7 Å². The third-order valence-electron chi connectivity index (χ3n) is 5.93. The lowest BCUT2D eigenvalue weighted by Gasteiger charge is -2.32. The smallest absolute Gasteiger partial charge is 0.231 e. The number of ether oxygens (including phenoxy) is 2. The van der Waals surface area contributed by atoms with Crippen molar-refractivity contribution < 1.29 is 9.47 Å². The molecule has 4 rings (SSSR count). The maximum absolute atomic E-state index is 5.46. The largest absolute Gasteiger partial charge is 0.454 e. The molecule has 1 fully saturated rings. The number of nitrogens with zero attached hydrogens (tertiary/aromatic N) is 3. The quantitative estimate of drug-likeness (QED) is 0.292. The second-order valence-electron chi connectivity index (χ2n) is 8.46. The van der Waals surface area contributed by atoms with Crippen molar-refractivity contribution in [2.75, 3.05) is 53.1 Å². The number of fused-ring (bicyclic) bond motifs is 1. The van der Waals surface area contributed by atoms with Crippen molar-refractivity contribution in [3.63, 3.8) is 0 Å². The minimum atomic E-state index is 0. The molecule has 2 aliphatic rings. The standard InChI is InChI=1S/C25H35N5O2.HI/c1-3-26-25(27-11-10-20-8-9-23-24(16-20)32-19-31-23)28-17-21-4-6-22(7-5-21)18-30-14-12-29(2)13-15-30;/h4-9,16H,3,10-15,17-19H2,1-2H3,(H2,26,27,28);1H. The Morgan fingerprint density at radius 1 is 0.909 bits per heavy atom. The number of guanidine groups is 1. The van der Waals surface area contributed by atoms with Crippen LogP contribution >= 0.6 is 24.0 Å². The van der Waals surface area contributed by atoms with Crippen molar-refractivity contribution >= 4 is 29.9 Å². The van der Waals surface area contributed by atoms with Crippen LogP contribution in [0, 0.1) is 0 Å². The number of hydrogen-bond acceptors (Lipinski definition) is 5. The molecule has 33 heavy (non-hydrogen) atoms. The summed E-state index contributed by atoms with van der Waals surface area (Å²) in [5.41, 5.74) is 3.81. The van der Waals surface area contributed by atoms with Crippen LogP contribution in [0.4, 0.5) is 0 Å². The molecule has 0 bridgehead atoms. The molecule has 2 heterocycles. The molecule has 0 unspecified atom stereocenters. The van der Waals surface area contributed by atoms with Crippen molar-refractivity contribution in [1.82, 2.24) is 20.4 Å². The molecule has 0 aliphatic carbocycles. The minimum absolute atomic E-state index is 0. The first-order valence-corrected chi connectivity index (χ1v) is 11.6. The summed E-state index contributed by atoms with van der Waals surface area (Å²) in [6, 6.07) is 15.0. The highest BCUT2D eigenvalue weighted by Gasteiger charge is 2.14. The number of hydrogen-bond donors (Lipinski definition) is 2. The third kappa shape index (κ3) is 7.75. The minimum Gasteiger partial charge on any atom is -0.454 e. The van der Waals surface area contributed by atoms with Gasteiger partial charge in [0.05, 0.1) is 6.54 Å². The predicted molar refractivity (Wildman–Crippen MR) is 144 cm³/mol. The average molecular weight is 566 g/mol. The van der Waals surface area contributed by atoms with Gasteiger partial charge in [0.2, 0.25) is 6.79 Å². The Morgan fingerprint density at radius 2 is 1.61 bits per heavy atom.